The molecule has 2 saturated heterocycles. The number of hydrogen-bond acceptors (Lipinski definition) is 3. The Bertz CT molecular complexity index is 666. The topological polar surface area (TPSA) is 52.2 Å². The van der Waals surface area contributed by atoms with Crippen molar-refractivity contribution in [3.05, 3.63) is 47.8 Å². The van der Waals surface area contributed by atoms with Crippen molar-refractivity contribution in [3.63, 3.8) is 0 Å². The van der Waals surface area contributed by atoms with Gasteiger partial charge in [-0.2, -0.15) is 5.10 Å². The summed E-state index contributed by atoms with van der Waals surface area (Å²) in [6.07, 6.45) is 8.41. The van der Waals surface area contributed by atoms with Crippen LogP contribution in [0.1, 0.15) is 47.5 Å². The number of amides is 1. The second-order valence-electron chi connectivity index (χ2n) is 6.84. The Morgan fingerprint density at radius 3 is 2.38 bits per heavy atom. The van der Waals surface area contributed by atoms with Crippen LogP contribution in [0.5, 0.6) is 0 Å². The molecule has 0 aliphatic carbocycles. The molecule has 0 saturated carbocycles. The van der Waals surface area contributed by atoms with Crippen molar-refractivity contribution in [1.29, 1.82) is 0 Å². The summed E-state index contributed by atoms with van der Waals surface area (Å²) in [6.45, 7) is 3.93. The molecule has 0 unspecified atom stereocenters. The fourth-order valence-electron chi connectivity index (χ4n) is 3.89. The zero-order valence-corrected chi connectivity index (χ0v) is 13.9. The first-order chi connectivity index (χ1) is 11.8. The van der Waals surface area contributed by atoms with Crippen LogP contribution in [-0.4, -0.2) is 47.2 Å². The number of rotatable bonds is 3. The summed E-state index contributed by atoms with van der Waals surface area (Å²) in [5.74, 6) is 0.776. The Hall–Kier alpha value is -2.30. The van der Waals surface area contributed by atoms with E-state index in [0.717, 1.165) is 57.4 Å². The van der Waals surface area contributed by atoms with Crippen molar-refractivity contribution in [1.82, 2.24) is 15.1 Å². The van der Waals surface area contributed by atoms with E-state index in [-0.39, 0.29) is 5.91 Å². The lowest BCUT2D eigenvalue weighted by Gasteiger charge is -2.32. The van der Waals surface area contributed by atoms with Crippen molar-refractivity contribution < 1.29 is 4.79 Å². The summed E-state index contributed by atoms with van der Waals surface area (Å²) in [7, 11) is 0. The number of nitrogens with one attached hydrogen (secondary N) is 1. The van der Waals surface area contributed by atoms with Crippen molar-refractivity contribution in [2.24, 2.45) is 0 Å². The molecular weight excluding hydrogens is 300 g/mol. The highest BCUT2D eigenvalue weighted by molar-refractivity contribution is 5.94. The number of nitrogens with zero attached hydrogens (tertiary/aromatic N) is 3. The number of piperidine rings is 1. The third kappa shape index (κ3) is 3.03. The molecule has 1 N–H and O–H groups in total. The maximum Gasteiger partial charge on any atom is 0.253 e. The van der Waals surface area contributed by atoms with Crippen LogP contribution in [0.4, 0.5) is 5.69 Å². The van der Waals surface area contributed by atoms with Gasteiger partial charge in [0.05, 0.1) is 11.9 Å². The van der Waals surface area contributed by atoms with E-state index >= 15 is 0 Å². The molecule has 2 aromatic rings. The monoisotopic (exact) mass is 324 g/mol. The third-order valence-corrected chi connectivity index (χ3v) is 5.37. The van der Waals surface area contributed by atoms with E-state index in [2.05, 4.69) is 27.2 Å². The number of aromatic amines is 1. The second kappa shape index (κ2) is 6.67. The van der Waals surface area contributed by atoms with Gasteiger partial charge in [0.1, 0.15) is 0 Å². The zero-order chi connectivity index (χ0) is 16.4. The molecular formula is C19H24N4O. The minimum absolute atomic E-state index is 0.189. The zero-order valence-electron chi connectivity index (χ0n) is 13.9. The van der Waals surface area contributed by atoms with Crippen molar-refractivity contribution in [2.45, 2.75) is 31.6 Å². The van der Waals surface area contributed by atoms with Crippen molar-refractivity contribution in [2.75, 3.05) is 31.1 Å². The average molecular weight is 324 g/mol. The van der Waals surface area contributed by atoms with Gasteiger partial charge in [0.25, 0.3) is 5.91 Å². The molecule has 2 fully saturated rings. The van der Waals surface area contributed by atoms with E-state index in [1.165, 1.54) is 11.3 Å². The third-order valence-electron chi connectivity index (χ3n) is 5.37. The first kappa shape index (κ1) is 15.2. The van der Waals surface area contributed by atoms with Crippen LogP contribution in [0.25, 0.3) is 0 Å². The first-order valence-electron chi connectivity index (χ1n) is 8.94. The van der Waals surface area contributed by atoms with Gasteiger partial charge in [-0.1, -0.05) is 12.1 Å². The van der Waals surface area contributed by atoms with Gasteiger partial charge in [-0.05, 0) is 49.3 Å². The second-order valence-corrected chi connectivity index (χ2v) is 6.84. The van der Waals surface area contributed by atoms with Crippen LogP contribution in [0.15, 0.2) is 36.7 Å². The van der Waals surface area contributed by atoms with Crippen LogP contribution < -0.4 is 4.90 Å². The molecule has 0 spiro atoms. The Morgan fingerprint density at radius 1 is 1.04 bits per heavy atom. The molecule has 5 heteroatoms. The van der Waals surface area contributed by atoms with Crippen LogP contribution >= 0.6 is 0 Å². The van der Waals surface area contributed by atoms with Crippen LogP contribution in [0.2, 0.25) is 0 Å². The molecule has 24 heavy (non-hydrogen) atoms. The summed E-state index contributed by atoms with van der Waals surface area (Å²) in [6, 6.07) is 8.33. The summed E-state index contributed by atoms with van der Waals surface area (Å²) in [5, 5.41) is 6.91. The lowest BCUT2D eigenvalue weighted by Crippen LogP contribution is -2.32. The van der Waals surface area contributed by atoms with Crippen LogP contribution in [0, 0.1) is 0 Å². The molecule has 0 radical (unpaired) electrons. The summed E-state index contributed by atoms with van der Waals surface area (Å²) >= 11 is 0. The summed E-state index contributed by atoms with van der Waals surface area (Å²) < 4.78 is 0. The number of likely N-dealkylation sites (tertiary alicyclic amines) is 1. The Morgan fingerprint density at radius 2 is 1.75 bits per heavy atom. The van der Waals surface area contributed by atoms with E-state index in [1.807, 2.05) is 29.4 Å². The maximum atomic E-state index is 12.4. The number of hydrogen-bond donors (Lipinski definition) is 1. The van der Waals surface area contributed by atoms with Crippen LogP contribution in [0.3, 0.4) is 0 Å². The minimum atomic E-state index is 0.189. The molecule has 4 rings (SSSR count). The van der Waals surface area contributed by atoms with Gasteiger partial charge in [-0.15, -0.1) is 0 Å². The van der Waals surface area contributed by atoms with Gasteiger partial charge in [0, 0.05) is 37.9 Å². The van der Waals surface area contributed by atoms with E-state index in [1.54, 1.807) is 0 Å². The Balaban J connectivity index is 1.38. The predicted octanol–water partition coefficient (Wildman–Crippen LogP) is 3.03. The van der Waals surface area contributed by atoms with E-state index < -0.39 is 0 Å². The van der Waals surface area contributed by atoms with Gasteiger partial charge in [-0.25, -0.2) is 0 Å². The molecule has 0 bridgehead atoms. The maximum absolute atomic E-state index is 12.4. The van der Waals surface area contributed by atoms with Gasteiger partial charge in [0.15, 0.2) is 0 Å². The molecule has 126 valence electrons. The lowest BCUT2D eigenvalue weighted by atomic mass is 9.89. The molecule has 2 aliphatic rings. The highest BCUT2D eigenvalue weighted by atomic mass is 16.2. The Labute approximate surface area is 142 Å². The first-order valence-corrected chi connectivity index (χ1v) is 8.94. The van der Waals surface area contributed by atoms with Crippen LogP contribution in [-0.2, 0) is 0 Å². The molecule has 5 nitrogen and oxygen atoms in total. The number of benzene rings is 1. The summed E-state index contributed by atoms with van der Waals surface area (Å²) in [5.41, 5.74) is 3.37. The van der Waals surface area contributed by atoms with Gasteiger partial charge in [0.2, 0.25) is 0 Å². The molecule has 1 amide bonds. The molecule has 2 aliphatic heterocycles. The molecule has 3 heterocycles. The molecule has 0 atom stereocenters. The predicted molar refractivity (Wildman–Crippen MR) is 94.4 cm³/mol. The molecule has 1 aromatic carbocycles. The summed E-state index contributed by atoms with van der Waals surface area (Å²) in [4.78, 5) is 16.8. The fourth-order valence-corrected chi connectivity index (χ4v) is 3.89. The van der Waals surface area contributed by atoms with E-state index in [0.29, 0.717) is 5.92 Å². The molecule has 1 aromatic heterocycles. The number of anilines is 1. The normalized spacial score (nSPS) is 19.0. The smallest absolute Gasteiger partial charge is 0.253 e. The number of H-pyrrole nitrogens is 1. The van der Waals surface area contributed by atoms with Gasteiger partial charge >= 0.3 is 0 Å². The standard InChI is InChI=1S/C19H24N4O/c24-19(23-9-1-2-10-23)17-5-3-15(4-6-17)16-7-11-22(12-8-16)18-13-20-21-14-18/h3-6,13-14,16H,1-2,7-12H2,(H,20,21). The highest BCUT2D eigenvalue weighted by Crippen LogP contribution is 2.30. The number of carbonyl (C=O) groups is 1. The average Bonchev–Trinajstić information content (AvgIpc) is 3.35. The highest BCUT2D eigenvalue weighted by Gasteiger charge is 2.23. The van der Waals surface area contributed by atoms with E-state index in [9.17, 15) is 4.79 Å². The van der Waals surface area contributed by atoms with Crippen molar-refractivity contribution in [3.8, 4) is 0 Å². The number of carbonyl (C=O) groups excluding carboxylic acids is 1. The lowest BCUT2D eigenvalue weighted by molar-refractivity contribution is 0.0793. The van der Waals surface area contributed by atoms with Crippen molar-refractivity contribution >= 4 is 11.6 Å². The minimum Gasteiger partial charge on any atom is -0.369 e. The van der Waals surface area contributed by atoms with Gasteiger partial charge < -0.3 is 9.80 Å². The fraction of sp³-hybridized carbons (Fsp3) is 0.474. The Kier molecular flexibility index (Phi) is 4.24. The number of aromatic nitrogens is 2. The largest absolute Gasteiger partial charge is 0.369 e. The quantitative estimate of drug-likeness (QED) is 0.944. The van der Waals surface area contributed by atoms with Gasteiger partial charge in [-0.3, -0.25) is 9.89 Å². The van der Waals surface area contributed by atoms with E-state index in [4.69, 9.17) is 0 Å². The SMILES string of the molecule is O=C(c1ccc(C2CCN(c3cn[nH]c3)CC2)cc1)N1CCCC1.